The van der Waals surface area contributed by atoms with Crippen LogP contribution in [0.4, 0.5) is 0 Å². The van der Waals surface area contributed by atoms with Gasteiger partial charge < -0.3 is 18.6 Å². The number of ether oxygens (including phenoxy) is 2. The van der Waals surface area contributed by atoms with Crippen LogP contribution >= 0.6 is 0 Å². The van der Waals surface area contributed by atoms with Crippen LogP contribution in [0, 0.1) is 13.8 Å². The molecule has 0 bridgehead atoms. The molecule has 32 heavy (non-hydrogen) atoms. The Balaban J connectivity index is 2.21. The van der Waals surface area contributed by atoms with Crippen molar-refractivity contribution in [2.24, 2.45) is 14.1 Å². The van der Waals surface area contributed by atoms with Crippen molar-refractivity contribution < 1.29 is 19.1 Å². The molecule has 2 heterocycles. The smallest absolute Gasteiger partial charge is 0.340 e. The number of hydrogen-bond donors (Lipinski definition) is 0. The second-order valence-electron chi connectivity index (χ2n) is 7.83. The molecule has 4 rings (SSSR count). The highest BCUT2D eigenvalue weighted by Crippen LogP contribution is 2.38. The minimum atomic E-state index is -0.593. The van der Waals surface area contributed by atoms with Crippen molar-refractivity contribution in [3.05, 3.63) is 71.0 Å². The Kier molecular flexibility index (Phi) is 5.38. The summed E-state index contributed by atoms with van der Waals surface area (Å²) in [5.74, 6) is -1.19. The van der Waals surface area contributed by atoms with Gasteiger partial charge in [-0.1, -0.05) is 36.4 Å². The molecule has 0 spiro atoms. The minimum Gasteiger partial charge on any atom is -0.465 e. The number of rotatable bonds is 4. The SMILES string of the molecule is COC(=O)/C(=C(/C(=O)OC)c1c(C)c2ccccc2n1C)c1c(C)c2ccccc2n1C. The van der Waals surface area contributed by atoms with Crippen LogP contribution in [0.25, 0.3) is 33.0 Å². The van der Waals surface area contributed by atoms with Crippen LogP contribution in [0.1, 0.15) is 22.5 Å². The molecule has 0 radical (unpaired) electrons. The van der Waals surface area contributed by atoms with E-state index in [0.717, 1.165) is 32.9 Å². The molecule has 0 saturated heterocycles. The van der Waals surface area contributed by atoms with Crippen molar-refractivity contribution >= 4 is 44.9 Å². The summed E-state index contributed by atoms with van der Waals surface area (Å²) in [7, 11) is 6.42. The highest BCUT2D eigenvalue weighted by atomic mass is 16.5. The van der Waals surface area contributed by atoms with Gasteiger partial charge in [0, 0.05) is 35.9 Å². The molecule has 4 aromatic rings. The molecule has 0 N–H and O–H groups in total. The van der Waals surface area contributed by atoms with E-state index in [0.29, 0.717) is 11.4 Å². The summed E-state index contributed by atoms with van der Waals surface area (Å²) < 4.78 is 14.2. The number of hydrogen-bond acceptors (Lipinski definition) is 4. The van der Waals surface area contributed by atoms with Crippen molar-refractivity contribution in [3.63, 3.8) is 0 Å². The molecular weight excluding hydrogens is 404 g/mol. The predicted molar refractivity (Wildman–Crippen MR) is 126 cm³/mol. The molecule has 0 atom stereocenters. The number of carbonyl (C=O) groups excluding carboxylic acids is 2. The molecule has 6 nitrogen and oxygen atoms in total. The molecule has 0 unspecified atom stereocenters. The molecule has 0 fully saturated rings. The highest BCUT2D eigenvalue weighted by Gasteiger charge is 2.32. The lowest BCUT2D eigenvalue weighted by atomic mass is 9.96. The summed E-state index contributed by atoms with van der Waals surface area (Å²) in [6.07, 6.45) is 0. The van der Waals surface area contributed by atoms with Gasteiger partial charge in [-0.15, -0.1) is 0 Å². The van der Waals surface area contributed by atoms with E-state index in [1.807, 2.05) is 85.6 Å². The Morgan fingerprint density at radius 3 is 1.31 bits per heavy atom. The summed E-state index contributed by atoms with van der Waals surface area (Å²) in [4.78, 5) is 26.5. The lowest BCUT2D eigenvalue weighted by molar-refractivity contribution is -0.136. The van der Waals surface area contributed by atoms with E-state index in [9.17, 15) is 9.59 Å². The van der Waals surface area contributed by atoms with E-state index < -0.39 is 11.9 Å². The number of para-hydroxylation sites is 2. The van der Waals surface area contributed by atoms with E-state index in [2.05, 4.69) is 0 Å². The Hall–Kier alpha value is -3.80. The predicted octanol–water partition coefficient (Wildman–Crippen LogP) is 4.54. The van der Waals surface area contributed by atoms with Crippen molar-refractivity contribution in [2.45, 2.75) is 13.8 Å². The van der Waals surface area contributed by atoms with Gasteiger partial charge >= 0.3 is 11.9 Å². The van der Waals surface area contributed by atoms with Gasteiger partial charge in [-0.3, -0.25) is 0 Å². The topological polar surface area (TPSA) is 62.5 Å². The Labute approximate surface area is 186 Å². The Bertz CT molecular complexity index is 1230. The molecule has 6 heteroatoms. The standard InChI is InChI=1S/C26H26N2O4/c1-15-17-11-7-9-13-19(17)27(3)23(15)21(25(29)31-5)22(26(30)32-6)24-16(2)18-12-8-10-14-20(18)28(24)4/h7-14H,1-6H3/b22-21+. The van der Waals surface area contributed by atoms with E-state index in [4.69, 9.17) is 9.47 Å². The summed E-state index contributed by atoms with van der Waals surface area (Å²) in [5.41, 5.74) is 5.32. The van der Waals surface area contributed by atoms with E-state index in [-0.39, 0.29) is 11.1 Å². The largest absolute Gasteiger partial charge is 0.465 e. The first-order valence-electron chi connectivity index (χ1n) is 10.3. The number of esters is 2. The fourth-order valence-electron chi connectivity index (χ4n) is 4.71. The molecule has 0 aliphatic heterocycles. The third-order valence-corrected chi connectivity index (χ3v) is 6.22. The number of benzene rings is 2. The van der Waals surface area contributed by atoms with Crippen LogP contribution in [0.15, 0.2) is 48.5 Å². The second-order valence-corrected chi connectivity index (χ2v) is 7.83. The molecule has 0 aliphatic rings. The monoisotopic (exact) mass is 430 g/mol. The maximum absolute atomic E-state index is 13.3. The average molecular weight is 431 g/mol. The van der Waals surface area contributed by atoms with Crippen molar-refractivity contribution in [2.75, 3.05) is 14.2 Å². The molecule has 164 valence electrons. The summed E-state index contributed by atoms with van der Waals surface area (Å²) in [6.45, 7) is 3.90. The van der Waals surface area contributed by atoms with E-state index in [1.165, 1.54) is 14.2 Å². The lowest BCUT2D eigenvalue weighted by Gasteiger charge is -2.16. The third-order valence-electron chi connectivity index (χ3n) is 6.22. The van der Waals surface area contributed by atoms with Crippen LogP contribution in [0.5, 0.6) is 0 Å². The molecule has 2 aromatic carbocycles. The average Bonchev–Trinajstić information content (AvgIpc) is 3.22. The molecular formula is C26H26N2O4. The van der Waals surface area contributed by atoms with Crippen molar-refractivity contribution in [1.82, 2.24) is 9.13 Å². The first-order chi connectivity index (χ1) is 15.3. The quantitative estimate of drug-likeness (QED) is 0.352. The second kappa shape index (κ2) is 8.04. The zero-order valence-corrected chi connectivity index (χ0v) is 19.1. The number of carbonyl (C=O) groups is 2. The third kappa shape index (κ3) is 3.02. The number of fused-ring (bicyclic) bond motifs is 2. The number of nitrogens with zero attached hydrogens (tertiary/aromatic N) is 2. The van der Waals surface area contributed by atoms with Gasteiger partial charge in [0.2, 0.25) is 0 Å². The number of aromatic nitrogens is 2. The van der Waals surface area contributed by atoms with Crippen LogP contribution < -0.4 is 0 Å². The van der Waals surface area contributed by atoms with Gasteiger partial charge in [-0.25, -0.2) is 9.59 Å². The van der Waals surface area contributed by atoms with Gasteiger partial charge in [0.15, 0.2) is 0 Å². The molecule has 0 aliphatic carbocycles. The normalized spacial score (nSPS) is 12.2. The van der Waals surface area contributed by atoms with Crippen LogP contribution in [0.3, 0.4) is 0 Å². The summed E-state index contributed by atoms with van der Waals surface area (Å²) >= 11 is 0. The molecule has 2 aromatic heterocycles. The van der Waals surface area contributed by atoms with Crippen LogP contribution in [-0.2, 0) is 33.2 Å². The Morgan fingerprint density at radius 2 is 1.00 bits per heavy atom. The van der Waals surface area contributed by atoms with Crippen molar-refractivity contribution in [1.29, 1.82) is 0 Å². The summed E-state index contributed by atoms with van der Waals surface area (Å²) in [5, 5.41) is 2.01. The first kappa shape index (κ1) is 21.4. The van der Waals surface area contributed by atoms with Gasteiger partial charge in [-0.05, 0) is 37.1 Å². The number of aryl methyl sites for hydroxylation is 4. The van der Waals surface area contributed by atoms with Crippen LogP contribution in [0.2, 0.25) is 0 Å². The minimum absolute atomic E-state index is 0.185. The fraction of sp³-hybridized carbons (Fsp3) is 0.231. The van der Waals surface area contributed by atoms with Gasteiger partial charge in [0.05, 0.1) is 25.6 Å². The molecule has 0 amide bonds. The molecule has 0 saturated carbocycles. The van der Waals surface area contributed by atoms with Gasteiger partial charge in [0.25, 0.3) is 0 Å². The zero-order valence-electron chi connectivity index (χ0n) is 19.1. The maximum Gasteiger partial charge on any atom is 0.340 e. The van der Waals surface area contributed by atoms with Crippen LogP contribution in [-0.4, -0.2) is 35.3 Å². The first-order valence-corrected chi connectivity index (χ1v) is 10.3. The van der Waals surface area contributed by atoms with Gasteiger partial charge in [0.1, 0.15) is 11.1 Å². The Morgan fingerprint density at radius 1 is 0.656 bits per heavy atom. The van der Waals surface area contributed by atoms with E-state index >= 15 is 0 Å². The summed E-state index contributed by atoms with van der Waals surface area (Å²) in [6, 6.07) is 15.8. The van der Waals surface area contributed by atoms with Gasteiger partial charge in [-0.2, -0.15) is 0 Å². The lowest BCUT2D eigenvalue weighted by Crippen LogP contribution is -2.18. The maximum atomic E-state index is 13.3. The number of methoxy groups -OCH3 is 2. The fourth-order valence-corrected chi connectivity index (χ4v) is 4.71. The zero-order chi connectivity index (χ0) is 23.2. The van der Waals surface area contributed by atoms with E-state index in [1.54, 1.807) is 0 Å². The highest BCUT2D eigenvalue weighted by molar-refractivity contribution is 6.38. The van der Waals surface area contributed by atoms with Crippen molar-refractivity contribution in [3.8, 4) is 0 Å².